The SMILES string of the molecule is Cc1nc(Cl)cc(N2CCN3CCCCC3C2)n1. The molecule has 1 aromatic rings. The fraction of sp³-hybridized carbons (Fsp3) is 0.692. The van der Waals surface area contributed by atoms with Crippen molar-refractivity contribution in [2.75, 3.05) is 31.1 Å². The zero-order valence-corrected chi connectivity index (χ0v) is 11.5. The average Bonchev–Trinajstić information content (AvgIpc) is 2.37. The second kappa shape index (κ2) is 5.02. The minimum atomic E-state index is 0.545. The van der Waals surface area contributed by atoms with Crippen LogP contribution in [0.1, 0.15) is 25.1 Å². The first kappa shape index (κ1) is 12.2. The second-order valence-corrected chi connectivity index (χ2v) is 5.61. The lowest BCUT2D eigenvalue weighted by Gasteiger charge is -2.44. The van der Waals surface area contributed by atoms with Crippen molar-refractivity contribution < 1.29 is 0 Å². The highest BCUT2D eigenvalue weighted by atomic mass is 35.5. The molecule has 18 heavy (non-hydrogen) atoms. The zero-order valence-electron chi connectivity index (χ0n) is 10.8. The molecule has 0 amide bonds. The summed E-state index contributed by atoms with van der Waals surface area (Å²) < 4.78 is 0. The highest BCUT2D eigenvalue weighted by molar-refractivity contribution is 6.29. The third-order valence-corrected chi connectivity index (χ3v) is 4.15. The van der Waals surface area contributed by atoms with Crippen LogP contribution in [0.4, 0.5) is 5.82 Å². The smallest absolute Gasteiger partial charge is 0.134 e. The molecular weight excluding hydrogens is 248 g/mol. The van der Waals surface area contributed by atoms with Gasteiger partial charge in [-0.1, -0.05) is 18.0 Å². The number of halogens is 1. The van der Waals surface area contributed by atoms with Crippen LogP contribution in [0.5, 0.6) is 0 Å². The fourth-order valence-electron chi connectivity index (χ4n) is 3.04. The Labute approximate surface area is 113 Å². The monoisotopic (exact) mass is 266 g/mol. The molecule has 0 bridgehead atoms. The Hall–Kier alpha value is -0.870. The number of nitrogens with zero attached hydrogens (tertiary/aromatic N) is 4. The molecular formula is C13H19ClN4. The van der Waals surface area contributed by atoms with Crippen LogP contribution in [0.3, 0.4) is 0 Å². The van der Waals surface area contributed by atoms with E-state index >= 15 is 0 Å². The lowest BCUT2D eigenvalue weighted by Crippen LogP contribution is -2.55. The number of piperazine rings is 1. The van der Waals surface area contributed by atoms with Crippen molar-refractivity contribution in [3.63, 3.8) is 0 Å². The minimum Gasteiger partial charge on any atom is -0.354 e. The predicted molar refractivity (Wildman–Crippen MR) is 73.2 cm³/mol. The molecule has 0 saturated carbocycles. The number of anilines is 1. The first-order valence-corrected chi connectivity index (χ1v) is 7.10. The van der Waals surface area contributed by atoms with Gasteiger partial charge in [0, 0.05) is 31.7 Å². The maximum absolute atomic E-state index is 6.02. The van der Waals surface area contributed by atoms with Crippen LogP contribution < -0.4 is 4.90 Å². The van der Waals surface area contributed by atoms with E-state index in [4.69, 9.17) is 11.6 Å². The van der Waals surface area contributed by atoms with Gasteiger partial charge < -0.3 is 4.90 Å². The number of aryl methyl sites for hydroxylation is 1. The summed E-state index contributed by atoms with van der Waals surface area (Å²) >= 11 is 6.02. The van der Waals surface area contributed by atoms with E-state index in [0.717, 1.165) is 31.3 Å². The largest absolute Gasteiger partial charge is 0.354 e. The number of aromatic nitrogens is 2. The average molecular weight is 267 g/mol. The van der Waals surface area contributed by atoms with Crippen molar-refractivity contribution in [1.82, 2.24) is 14.9 Å². The van der Waals surface area contributed by atoms with Gasteiger partial charge in [0.1, 0.15) is 16.8 Å². The van der Waals surface area contributed by atoms with Crippen molar-refractivity contribution in [1.29, 1.82) is 0 Å². The number of hydrogen-bond donors (Lipinski definition) is 0. The Morgan fingerprint density at radius 2 is 2.11 bits per heavy atom. The summed E-state index contributed by atoms with van der Waals surface area (Å²) in [4.78, 5) is 13.6. The molecule has 2 aliphatic rings. The normalized spacial score (nSPS) is 25.0. The Bertz CT molecular complexity index is 417. The van der Waals surface area contributed by atoms with Gasteiger partial charge in [-0.05, 0) is 26.3 Å². The summed E-state index contributed by atoms with van der Waals surface area (Å²) in [5.74, 6) is 1.74. The molecule has 1 atom stereocenters. The van der Waals surface area contributed by atoms with Gasteiger partial charge in [0.2, 0.25) is 0 Å². The topological polar surface area (TPSA) is 32.3 Å². The van der Waals surface area contributed by atoms with Gasteiger partial charge in [-0.25, -0.2) is 9.97 Å². The van der Waals surface area contributed by atoms with Crippen molar-refractivity contribution in [2.24, 2.45) is 0 Å². The van der Waals surface area contributed by atoms with Crippen LogP contribution in [0.25, 0.3) is 0 Å². The van der Waals surface area contributed by atoms with Gasteiger partial charge in [0.25, 0.3) is 0 Å². The van der Waals surface area contributed by atoms with E-state index in [2.05, 4.69) is 19.8 Å². The van der Waals surface area contributed by atoms with Crippen molar-refractivity contribution in [3.05, 3.63) is 17.0 Å². The molecule has 2 saturated heterocycles. The molecule has 1 aromatic heterocycles. The molecule has 2 fully saturated rings. The van der Waals surface area contributed by atoms with E-state index in [-0.39, 0.29) is 0 Å². The standard InChI is InChI=1S/C13H19ClN4/c1-10-15-12(14)8-13(16-10)18-7-6-17-5-3-2-4-11(17)9-18/h8,11H,2-7,9H2,1H3. The lowest BCUT2D eigenvalue weighted by molar-refractivity contribution is 0.133. The first-order valence-electron chi connectivity index (χ1n) is 6.72. The van der Waals surface area contributed by atoms with E-state index < -0.39 is 0 Å². The molecule has 2 aliphatic heterocycles. The van der Waals surface area contributed by atoms with Gasteiger partial charge in [0.05, 0.1) is 0 Å². The molecule has 5 heteroatoms. The van der Waals surface area contributed by atoms with Gasteiger partial charge in [-0.15, -0.1) is 0 Å². The van der Waals surface area contributed by atoms with Crippen molar-refractivity contribution >= 4 is 17.4 Å². The Morgan fingerprint density at radius 1 is 1.22 bits per heavy atom. The summed E-state index contributed by atoms with van der Waals surface area (Å²) in [6, 6.07) is 2.58. The Kier molecular flexibility index (Phi) is 3.39. The van der Waals surface area contributed by atoms with Crippen LogP contribution in [-0.4, -0.2) is 47.1 Å². The van der Waals surface area contributed by atoms with E-state index in [1.165, 1.54) is 25.8 Å². The number of rotatable bonds is 1. The molecule has 0 aromatic carbocycles. The number of fused-ring (bicyclic) bond motifs is 1. The first-order chi connectivity index (χ1) is 8.72. The Morgan fingerprint density at radius 3 is 2.94 bits per heavy atom. The molecule has 0 radical (unpaired) electrons. The molecule has 4 nitrogen and oxygen atoms in total. The van der Waals surface area contributed by atoms with Crippen LogP contribution in [-0.2, 0) is 0 Å². The van der Waals surface area contributed by atoms with Crippen LogP contribution >= 0.6 is 11.6 Å². The summed E-state index contributed by atoms with van der Waals surface area (Å²) in [6.45, 7) is 6.43. The number of hydrogen-bond acceptors (Lipinski definition) is 4. The molecule has 0 N–H and O–H groups in total. The summed E-state index contributed by atoms with van der Waals surface area (Å²) in [5, 5.41) is 0.545. The van der Waals surface area contributed by atoms with Gasteiger partial charge in [-0.2, -0.15) is 0 Å². The summed E-state index contributed by atoms with van der Waals surface area (Å²) in [7, 11) is 0. The van der Waals surface area contributed by atoms with E-state index in [1.807, 2.05) is 13.0 Å². The minimum absolute atomic E-state index is 0.545. The van der Waals surface area contributed by atoms with E-state index in [0.29, 0.717) is 11.2 Å². The highest BCUT2D eigenvalue weighted by Gasteiger charge is 2.29. The third-order valence-electron chi connectivity index (χ3n) is 3.95. The maximum atomic E-state index is 6.02. The number of piperidine rings is 1. The van der Waals surface area contributed by atoms with Gasteiger partial charge in [0.15, 0.2) is 0 Å². The highest BCUT2D eigenvalue weighted by Crippen LogP contribution is 2.24. The third kappa shape index (κ3) is 2.45. The summed E-state index contributed by atoms with van der Waals surface area (Å²) in [5.41, 5.74) is 0. The molecule has 0 spiro atoms. The molecule has 0 aliphatic carbocycles. The van der Waals surface area contributed by atoms with Crippen molar-refractivity contribution in [2.45, 2.75) is 32.2 Å². The molecule has 3 rings (SSSR count). The van der Waals surface area contributed by atoms with Crippen LogP contribution in [0.15, 0.2) is 6.07 Å². The zero-order chi connectivity index (χ0) is 12.5. The van der Waals surface area contributed by atoms with Crippen LogP contribution in [0, 0.1) is 6.92 Å². The van der Waals surface area contributed by atoms with Gasteiger partial charge in [-0.3, -0.25) is 4.90 Å². The van der Waals surface area contributed by atoms with Crippen LogP contribution in [0.2, 0.25) is 5.15 Å². The van der Waals surface area contributed by atoms with E-state index in [1.54, 1.807) is 0 Å². The Balaban J connectivity index is 1.76. The second-order valence-electron chi connectivity index (χ2n) is 5.23. The van der Waals surface area contributed by atoms with Crippen molar-refractivity contribution in [3.8, 4) is 0 Å². The predicted octanol–water partition coefficient (Wildman–Crippen LogP) is 2.11. The summed E-state index contributed by atoms with van der Waals surface area (Å²) in [6.07, 6.45) is 4.03. The maximum Gasteiger partial charge on any atom is 0.134 e. The van der Waals surface area contributed by atoms with Gasteiger partial charge >= 0.3 is 0 Å². The molecule has 98 valence electrons. The lowest BCUT2D eigenvalue weighted by atomic mass is 9.99. The molecule has 3 heterocycles. The quantitative estimate of drug-likeness (QED) is 0.729. The van der Waals surface area contributed by atoms with E-state index in [9.17, 15) is 0 Å². The fourth-order valence-corrected chi connectivity index (χ4v) is 3.26. The molecule has 1 unspecified atom stereocenters.